The Morgan fingerprint density at radius 3 is 2.75 bits per heavy atom. The van der Waals surface area contributed by atoms with E-state index in [1.165, 1.54) is 19.1 Å². The summed E-state index contributed by atoms with van der Waals surface area (Å²) in [6.45, 7) is 5.84. The van der Waals surface area contributed by atoms with Gasteiger partial charge in [-0.05, 0) is 37.1 Å². The lowest BCUT2D eigenvalue weighted by Crippen LogP contribution is -2.42. The number of nitrogens with one attached hydrogen (secondary N) is 2. The summed E-state index contributed by atoms with van der Waals surface area (Å²) in [5.74, 6) is -0.219. The van der Waals surface area contributed by atoms with Crippen molar-refractivity contribution in [2.24, 2.45) is 0 Å². The highest BCUT2D eigenvalue weighted by atomic mass is 32.2. The first kappa shape index (κ1) is 18.4. The zero-order chi connectivity index (χ0) is 17.9. The lowest BCUT2D eigenvalue weighted by molar-refractivity contribution is -0.130. The van der Waals surface area contributed by atoms with E-state index in [4.69, 9.17) is 0 Å². The molecule has 0 fully saturated rings. The summed E-state index contributed by atoms with van der Waals surface area (Å²) in [7, 11) is -3.68. The fourth-order valence-electron chi connectivity index (χ4n) is 2.67. The van der Waals surface area contributed by atoms with Crippen LogP contribution in [-0.4, -0.2) is 44.3 Å². The van der Waals surface area contributed by atoms with Gasteiger partial charge in [0.25, 0.3) is 0 Å². The summed E-state index contributed by atoms with van der Waals surface area (Å²) in [5, 5.41) is 2.67. The minimum atomic E-state index is -3.68. The Kier molecular flexibility index (Phi) is 5.61. The van der Waals surface area contributed by atoms with Crippen LogP contribution in [-0.2, 0) is 26.0 Å². The number of sulfonamides is 1. The maximum absolute atomic E-state index is 12.4. The second kappa shape index (κ2) is 7.31. The predicted molar refractivity (Wildman–Crippen MR) is 91.1 cm³/mol. The summed E-state index contributed by atoms with van der Waals surface area (Å²) < 4.78 is 27.3. The Labute approximate surface area is 142 Å². The first-order chi connectivity index (χ1) is 11.2. The lowest BCUT2D eigenvalue weighted by Gasteiger charge is -2.27. The maximum atomic E-state index is 12.4. The van der Waals surface area contributed by atoms with Crippen molar-refractivity contribution < 1.29 is 18.0 Å². The summed E-state index contributed by atoms with van der Waals surface area (Å²) in [6.07, 6.45) is 0.989. The lowest BCUT2D eigenvalue weighted by atomic mass is 10.2. The van der Waals surface area contributed by atoms with Gasteiger partial charge in [-0.15, -0.1) is 0 Å². The Hall–Kier alpha value is -1.93. The highest BCUT2D eigenvalue weighted by Gasteiger charge is 2.22. The number of anilines is 1. The number of hydrogen-bond acceptors (Lipinski definition) is 4. The molecular formula is C16H23N3O4S. The summed E-state index contributed by atoms with van der Waals surface area (Å²) in [6, 6.07) is 4.62. The van der Waals surface area contributed by atoms with E-state index in [9.17, 15) is 18.0 Å². The highest BCUT2D eigenvalue weighted by molar-refractivity contribution is 7.89. The van der Waals surface area contributed by atoms with Crippen molar-refractivity contribution >= 4 is 27.5 Å². The van der Waals surface area contributed by atoms with Crippen LogP contribution in [0.5, 0.6) is 0 Å². The smallest absolute Gasteiger partial charge is 0.240 e. The van der Waals surface area contributed by atoms with E-state index in [2.05, 4.69) is 10.0 Å². The van der Waals surface area contributed by atoms with Gasteiger partial charge < -0.3 is 10.2 Å². The molecule has 0 bridgehead atoms. The van der Waals surface area contributed by atoms with E-state index < -0.39 is 10.0 Å². The second-order valence-electron chi connectivity index (χ2n) is 5.91. The third kappa shape index (κ3) is 4.12. The molecule has 1 heterocycles. The van der Waals surface area contributed by atoms with Crippen LogP contribution in [0.15, 0.2) is 23.1 Å². The monoisotopic (exact) mass is 353 g/mol. The number of rotatable bonds is 7. The molecule has 24 heavy (non-hydrogen) atoms. The van der Waals surface area contributed by atoms with E-state index >= 15 is 0 Å². The number of carbonyl (C=O) groups is 2. The molecule has 0 saturated carbocycles. The molecule has 0 aliphatic carbocycles. The zero-order valence-electron chi connectivity index (χ0n) is 14.1. The van der Waals surface area contributed by atoms with E-state index in [1.54, 1.807) is 11.0 Å². The predicted octanol–water partition coefficient (Wildman–Crippen LogP) is 1.11. The molecule has 2 amide bonds. The van der Waals surface area contributed by atoms with Crippen LogP contribution >= 0.6 is 0 Å². The molecule has 8 heteroatoms. The Bertz CT molecular complexity index is 746. The standard InChI is InChI=1S/C16H23N3O4S/c1-4-11(2)19(12(3)20)8-7-17-24(22,23)14-5-6-15-13(9-14)10-16(21)18-15/h5-6,9,11,17H,4,7-8,10H2,1-3H3,(H,18,21). The number of nitrogens with zero attached hydrogens (tertiary/aromatic N) is 1. The van der Waals surface area contributed by atoms with E-state index in [0.717, 1.165) is 6.42 Å². The normalized spacial score (nSPS) is 14.9. The first-order valence-electron chi connectivity index (χ1n) is 7.94. The van der Waals surface area contributed by atoms with Gasteiger partial charge in [0.2, 0.25) is 21.8 Å². The average molecular weight is 353 g/mol. The molecule has 1 atom stereocenters. The van der Waals surface area contributed by atoms with Crippen molar-refractivity contribution in [1.82, 2.24) is 9.62 Å². The fraction of sp³-hybridized carbons (Fsp3) is 0.500. The van der Waals surface area contributed by atoms with E-state index in [1.807, 2.05) is 13.8 Å². The summed E-state index contributed by atoms with van der Waals surface area (Å²) in [5.41, 5.74) is 1.33. The molecular weight excluding hydrogens is 330 g/mol. The van der Waals surface area contributed by atoms with Crippen molar-refractivity contribution in [1.29, 1.82) is 0 Å². The van der Waals surface area contributed by atoms with Gasteiger partial charge in [-0.3, -0.25) is 9.59 Å². The number of hydrogen-bond donors (Lipinski definition) is 2. The van der Waals surface area contributed by atoms with Gasteiger partial charge in [-0.1, -0.05) is 6.92 Å². The SMILES string of the molecule is CCC(C)N(CCNS(=O)(=O)c1ccc2c(c1)CC(=O)N2)C(C)=O. The topological polar surface area (TPSA) is 95.6 Å². The number of amides is 2. The van der Waals surface area contributed by atoms with Crippen molar-refractivity contribution in [3.05, 3.63) is 23.8 Å². The Morgan fingerprint density at radius 1 is 1.42 bits per heavy atom. The average Bonchev–Trinajstić information content (AvgIpc) is 2.89. The van der Waals surface area contributed by atoms with Gasteiger partial charge in [-0.2, -0.15) is 0 Å². The molecule has 2 rings (SSSR count). The molecule has 7 nitrogen and oxygen atoms in total. The molecule has 0 aromatic heterocycles. The van der Waals surface area contributed by atoms with Crippen LogP contribution < -0.4 is 10.0 Å². The van der Waals surface area contributed by atoms with Crippen LogP contribution in [0.2, 0.25) is 0 Å². The van der Waals surface area contributed by atoms with Crippen molar-refractivity contribution in [3.8, 4) is 0 Å². The van der Waals surface area contributed by atoms with Gasteiger partial charge in [0, 0.05) is 31.7 Å². The Balaban J connectivity index is 2.03. The molecule has 2 N–H and O–H groups in total. The van der Waals surface area contributed by atoms with Gasteiger partial charge in [0.05, 0.1) is 11.3 Å². The van der Waals surface area contributed by atoms with Crippen molar-refractivity contribution in [2.45, 2.75) is 44.6 Å². The Morgan fingerprint density at radius 2 is 2.12 bits per heavy atom. The molecule has 132 valence electrons. The maximum Gasteiger partial charge on any atom is 0.240 e. The van der Waals surface area contributed by atoms with Crippen molar-refractivity contribution in [3.63, 3.8) is 0 Å². The van der Waals surface area contributed by atoms with Gasteiger partial charge in [-0.25, -0.2) is 13.1 Å². The van der Waals surface area contributed by atoms with Gasteiger partial charge in [0.1, 0.15) is 0 Å². The summed E-state index contributed by atoms with van der Waals surface area (Å²) >= 11 is 0. The number of fused-ring (bicyclic) bond motifs is 1. The molecule has 1 aliphatic rings. The van der Waals surface area contributed by atoms with Gasteiger partial charge >= 0.3 is 0 Å². The minimum absolute atomic E-state index is 0.0593. The highest BCUT2D eigenvalue weighted by Crippen LogP contribution is 2.25. The number of carbonyl (C=O) groups excluding carboxylic acids is 2. The molecule has 0 spiro atoms. The minimum Gasteiger partial charge on any atom is -0.339 e. The molecule has 0 radical (unpaired) electrons. The third-order valence-electron chi connectivity index (χ3n) is 4.18. The third-order valence-corrected chi connectivity index (χ3v) is 5.64. The van der Waals surface area contributed by atoms with Gasteiger partial charge in [0.15, 0.2) is 0 Å². The molecule has 1 aromatic carbocycles. The molecule has 1 aliphatic heterocycles. The van der Waals surface area contributed by atoms with Crippen LogP contribution in [0.4, 0.5) is 5.69 Å². The fourth-order valence-corrected chi connectivity index (χ4v) is 3.74. The van der Waals surface area contributed by atoms with Crippen LogP contribution in [0.25, 0.3) is 0 Å². The van der Waals surface area contributed by atoms with E-state index in [0.29, 0.717) is 17.8 Å². The van der Waals surface area contributed by atoms with Crippen LogP contribution in [0.1, 0.15) is 32.8 Å². The number of benzene rings is 1. The van der Waals surface area contributed by atoms with Crippen LogP contribution in [0, 0.1) is 0 Å². The van der Waals surface area contributed by atoms with Crippen molar-refractivity contribution in [2.75, 3.05) is 18.4 Å². The first-order valence-corrected chi connectivity index (χ1v) is 9.42. The summed E-state index contributed by atoms with van der Waals surface area (Å²) in [4.78, 5) is 24.8. The second-order valence-corrected chi connectivity index (χ2v) is 7.68. The molecule has 0 saturated heterocycles. The molecule has 1 aromatic rings. The van der Waals surface area contributed by atoms with E-state index in [-0.39, 0.29) is 35.7 Å². The zero-order valence-corrected chi connectivity index (χ0v) is 14.9. The van der Waals surface area contributed by atoms with Crippen LogP contribution in [0.3, 0.4) is 0 Å². The largest absolute Gasteiger partial charge is 0.339 e. The quantitative estimate of drug-likeness (QED) is 0.767. The molecule has 1 unspecified atom stereocenters.